The molecule has 0 aromatic carbocycles. The lowest BCUT2D eigenvalue weighted by molar-refractivity contribution is -0.167. The summed E-state index contributed by atoms with van der Waals surface area (Å²) in [5, 5.41) is 0. The molecule has 0 aliphatic heterocycles. The molecule has 2 atom stereocenters. The molecule has 0 aliphatic carbocycles. The Bertz CT molecular complexity index is 887. The molecule has 1 unspecified atom stereocenters. The van der Waals surface area contributed by atoms with E-state index >= 15 is 0 Å². The summed E-state index contributed by atoms with van der Waals surface area (Å²) in [5.41, 5.74) is 0. The van der Waals surface area contributed by atoms with Crippen LogP contribution in [0.1, 0.15) is 285 Å². The van der Waals surface area contributed by atoms with Crippen molar-refractivity contribution < 1.29 is 28.6 Å². The van der Waals surface area contributed by atoms with Crippen LogP contribution < -0.4 is 0 Å². The van der Waals surface area contributed by atoms with Crippen molar-refractivity contribution in [3.8, 4) is 0 Å². The van der Waals surface area contributed by atoms with Crippen LogP contribution in [-0.2, 0) is 28.6 Å². The van der Waals surface area contributed by atoms with Crippen molar-refractivity contribution in [3.05, 3.63) is 0 Å². The second-order valence-electron chi connectivity index (χ2n) is 18.5. The molecular weight excluding hydrogens is 721 g/mol. The largest absolute Gasteiger partial charge is 0.462 e. The van der Waals surface area contributed by atoms with E-state index in [-0.39, 0.29) is 31.1 Å². The van der Waals surface area contributed by atoms with Crippen LogP contribution in [-0.4, -0.2) is 37.2 Å². The van der Waals surface area contributed by atoms with Gasteiger partial charge in [-0.05, 0) is 31.1 Å². The summed E-state index contributed by atoms with van der Waals surface area (Å²) in [6.45, 7) is 11.3. The normalized spacial score (nSPS) is 12.5. The summed E-state index contributed by atoms with van der Waals surface area (Å²) in [5.74, 6) is 0.769. The quantitative estimate of drug-likeness (QED) is 0.0346. The highest BCUT2D eigenvalue weighted by molar-refractivity contribution is 5.71. The molecule has 0 radical (unpaired) electrons. The van der Waals surface area contributed by atoms with Gasteiger partial charge in [0, 0.05) is 19.3 Å². The molecular formula is C52H100O6. The van der Waals surface area contributed by atoms with Gasteiger partial charge in [0.05, 0.1) is 0 Å². The summed E-state index contributed by atoms with van der Waals surface area (Å²) in [6, 6.07) is 0. The van der Waals surface area contributed by atoms with E-state index in [1.54, 1.807) is 0 Å². The molecule has 0 aromatic rings. The van der Waals surface area contributed by atoms with Crippen molar-refractivity contribution in [2.75, 3.05) is 13.2 Å². The van der Waals surface area contributed by atoms with Crippen LogP contribution in [0, 0.1) is 11.8 Å². The Hall–Kier alpha value is -1.59. The number of unbranched alkanes of at least 4 members (excludes halogenated alkanes) is 30. The van der Waals surface area contributed by atoms with E-state index in [1.807, 2.05) is 0 Å². The zero-order valence-electron chi connectivity index (χ0n) is 39.7. The van der Waals surface area contributed by atoms with Crippen LogP contribution in [0.15, 0.2) is 0 Å². The Morgan fingerprint density at radius 1 is 0.362 bits per heavy atom. The van der Waals surface area contributed by atoms with Crippen molar-refractivity contribution in [1.82, 2.24) is 0 Å². The van der Waals surface area contributed by atoms with Gasteiger partial charge in [0.25, 0.3) is 0 Å². The lowest BCUT2D eigenvalue weighted by Crippen LogP contribution is -2.30. The third kappa shape index (κ3) is 44.0. The molecule has 0 N–H and O–H groups in total. The Labute approximate surface area is 361 Å². The second-order valence-corrected chi connectivity index (χ2v) is 18.5. The van der Waals surface area contributed by atoms with Crippen molar-refractivity contribution in [2.45, 2.75) is 291 Å². The van der Waals surface area contributed by atoms with Gasteiger partial charge in [-0.2, -0.15) is 0 Å². The van der Waals surface area contributed by atoms with Crippen LogP contribution in [0.5, 0.6) is 0 Å². The van der Waals surface area contributed by atoms with E-state index in [0.29, 0.717) is 19.3 Å². The predicted octanol–water partition coefficient (Wildman–Crippen LogP) is 16.5. The van der Waals surface area contributed by atoms with Crippen molar-refractivity contribution >= 4 is 17.9 Å². The first-order chi connectivity index (χ1) is 28.3. The van der Waals surface area contributed by atoms with Gasteiger partial charge in [0.15, 0.2) is 6.10 Å². The zero-order valence-corrected chi connectivity index (χ0v) is 39.7. The monoisotopic (exact) mass is 821 g/mol. The third-order valence-corrected chi connectivity index (χ3v) is 12.1. The standard InChI is InChI=1S/C52H100O6/c1-6-8-9-10-11-12-13-14-15-16-17-18-19-20-23-27-34-39-44-52(55)58-49(46-57-51(54)43-38-33-29-28-31-36-41-48(5)7-2)45-56-50(53)42-37-32-26-24-21-22-25-30-35-40-47(3)4/h47-49H,6-46H2,1-5H3/t48?,49-/m0/s1. The van der Waals surface area contributed by atoms with Gasteiger partial charge in [-0.25, -0.2) is 0 Å². The van der Waals surface area contributed by atoms with Crippen molar-refractivity contribution in [2.24, 2.45) is 11.8 Å². The molecule has 0 bridgehead atoms. The maximum Gasteiger partial charge on any atom is 0.306 e. The smallest absolute Gasteiger partial charge is 0.306 e. The molecule has 0 spiro atoms. The minimum Gasteiger partial charge on any atom is -0.462 e. The van der Waals surface area contributed by atoms with E-state index in [1.165, 1.54) is 173 Å². The highest BCUT2D eigenvalue weighted by Crippen LogP contribution is 2.18. The average Bonchev–Trinajstić information content (AvgIpc) is 3.21. The van der Waals surface area contributed by atoms with Gasteiger partial charge in [0.1, 0.15) is 13.2 Å². The fourth-order valence-electron chi connectivity index (χ4n) is 7.78. The van der Waals surface area contributed by atoms with Gasteiger partial charge in [0.2, 0.25) is 0 Å². The molecule has 0 aliphatic rings. The Balaban J connectivity index is 4.28. The second kappa shape index (κ2) is 44.9. The molecule has 344 valence electrons. The molecule has 0 amide bonds. The first-order valence-corrected chi connectivity index (χ1v) is 25.8. The summed E-state index contributed by atoms with van der Waals surface area (Å²) in [4.78, 5) is 37.9. The highest BCUT2D eigenvalue weighted by Gasteiger charge is 2.19. The Morgan fingerprint density at radius 2 is 0.655 bits per heavy atom. The summed E-state index contributed by atoms with van der Waals surface area (Å²) < 4.78 is 16.8. The summed E-state index contributed by atoms with van der Waals surface area (Å²) in [6.07, 6.45) is 45.2. The number of carbonyl (C=O) groups is 3. The first-order valence-electron chi connectivity index (χ1n) is 25.8. The zero-order chi connectivity index (χ0) is 42.6. The molecule has 6 nitrogen and oxygen atoms in total. The summed E-state index contributed by atoms with van der Waals surface area (Å²) >= 11 is 0. The minimum absolute atomic E-state index is 0.0650. The topological polar surface area (TPSA) is 78.9 Å². The van der Waals surface area contributed by atoms with Gasteiger partial charge in [-0.3, -0.25) is 14.4 Å². The summed E-state index contributed by atoms with van der Waals surface area (Å²) in [7, 11) is 0. The molecule has 58 heavy (non-hydrogen) atoms. The van der Waals surface area contributed by atoms with E-state index in [0.717, 1.165) is 69.6 Å². The lowest BCUT2D eigenvalue weighted by atomic mass is 10.00. The molecule has 0 saturated heterocycles. The number of esters is 3. The molecule has 0 heterocycles. The predicted molar refractivity (Wildman–Crippen MR) is 247 cm³/mol. The van der Waals surface area contributed by atoms with Crippen LogP contribution in [0.4, 0.5) is 0 Å². The van der Waals surface area contributed by atoms with Gasteiger partial charge in [-0.15, -0.1) is 0 Å². The van der Waals surface area contributed by atoms with E-state index in [4.69, 9.17) is 14.2 Å². The van der Waals surface area contributed by atoms with Crippen molar-refractivity contribution in [1.29, 1.82) is 0 Å². The number of hydrogen-bond donors (Lipinski definition) is 0. The van der Waals surface area contributed by atoms with Crippen molar-refractivity contribution in [3.63, 3.8) is 0 Å². The molecule has 0 rings (SSSR count). The van der Waals surface area contributed by atoms with Crippen LogP contribution in [0.2, 0.25) is 0 Å². The van der Waals surface area contributed by atoms with Gasteiger partial charge < -0.3 is 14.2 Å². The third-order valence-electron chi connectivity index (χ3n) is 12.1. The van der Waals surface area contributed by atoms with Gasteiger partial charge >= 0.3 is 17.9 Å². The Kier molecular flexibility index (Phi) is 43.7. The SMILES string of the molecule is CCCCCCCCCCCCCCCCCCCCC(=O)O[C@@H](COC(=O)CCCCCCCCCCCC(C)C)COC(=O)CCCCCCCCC(C)CC. The van der Waals surface area contributed by atoms with E-state index < -0.39 is 6.10 Å². The van der Waals surface area contributed by atoms with Crippen LogP contribution in [0.3, 0.4) is 0 Å². The molecule has 6 heteroatoms. The molecule has 0 aromatic heterocycles. The molecule has 0 saturated carbocycles. The minimum atomic E-state index is -0.762. The highest BCUT2D eigenvalue weighted by atomic mass is 16.6. The fourth-order valence-corrected chi connectivity index (χ4v) is 7.78. The van der Waals surface area contributed by atoms with Crippen LogP contribution in [0.25, 0.3) is 0 Å². The maximum atomic E-state index is 12.8. The number of hydrogen-bond acceptors (Lipinski definition) is 6. The average molecular weight is 821 g/mol. The van der Waals surface area contributed by atoms with Gasteiger partial charge in [-0.1, -0.05) is 247 Å². The fraction of sp³-hybridized carbons (Fsp3) is 0.942. The number of rotatable bonds is 46. The maximum absolute atomic E-state index is 12.8. The first kappa shape index (κ1) is 56.4. The van der Waals surface area contributed by atoms with E-state index in [2.05, 4.69) is 34.6 Å². The lowest BCUT2D eigenvalue weighted by Gasteiger charge is -2.18. The van der Waals surface area contributed by atoms with Crippen LogP contribution >= 0.6 is 0 Å². The molecule has 0 fully saturated rings. The number of ether oxygens (including phenoxy) is 3. The number of carbonyl (C=O) groups excluding carboxylic acids is 3. The Morgan fingerprint density at radius 3 is 0.983 bits per heavy atom. The van der Waals surface area contributed by atoms with E-state index in [9.17, 15) is 14.4 Å².